The maximum atomic E-state index is 10.3. The zero-order valence-corrected chi connectivity index (χ0v) is 7.70. The van der Waals surface area contributed by atoms with Crippen LogP contribution in [0.5, 0.6) is 0 Å². The van der Waals surface area contributed by atoms with E-state index in [0.717, 1.165) is 25.9 Å². The third-order valence-corrected chi connectivity index (χ3v) is 2.58. The van der Waals surface area contributed by atoms with Crippen LogP contribution in [0, 0.1) is 5.92 Å². The number of hydrogen-bond acceptors (Lipinski definition) is 3. The van der Waals surface area contributed by atoms with Crippen molar-refractivity contribution in [2.75, 3.05) is 13.1 Å². The summed E-state index contributed by atoms with van der Waals surface area (Å²) in [7, 11) is 0. The third kappa shape index (κ3) is 3.74. The number of aliphatic carboxylic acids is 1. The van der Waals surface area contributed by atoms with Crippen LogP contribution in [0.15, 0.2) is 0 Å². The molecule has 4 heteroatoms. The van der Waals surface area contributed by atoms with Gasteiger partial charge >= 0.3 is 5.97 Å². The van der Waals surface area contributed by atoms with Crippen LogP contribution in [0.2, 0.25) is 0 Å². The number of carboxylic acids is 1. The summed E-state index contributed by atoms with van der Waals surface area (Å²) in [5.41, 5.74) is 0. The molecule has 1 aliphatic heterocycles. The number of carbonyl (C=O) groups is 1. The Balaban J connectivity index is 2.31. The molecule has 0 bridgehead atoms. The molecular weight excluding hydrogens is 170 g/mol. The Hall–Kier alpha value is -0.610. The zero-order valence-electron chi connectivity index (χ0n) is 7.70. The van der Waals surface area contributed by atoms with Crippen molar-refractivity contribution in [3.05, 3.63) is 0 Å². The summed E-state index contributed by atoms with van der Waals surface area (Å²) in [5.74, 6) is -0.615. The fourth-order valence-corrected chi connectivity index (χ4v) is 1.74. The molecule has 1 rings (SSSR count). The largest absolute Gasteiger partial charge is 0.481 e. The summed E-state index contributed by atoms with van der Waals surface area (Å²) in [6.07, 6.45) is 2.06. The average Bonchev–Trinajstić information content (AvgIpc) is 2.27. The summed E-state index contributed by atoms with van der Waals surface area (Å²) in [6, 6.07) is 0. The lowest BCUT2D eigenvalue weighted by Crippen LogP contribution is -2.20. The van der Waals surface area contributed by atoms with Crippen molar-refractivity contribution in [2.24, 2.45) is 5.92 Å². The van der Waals surface area contributed by atoms with Crippen molar-refractivity contribution in [2.45, 2.75) is 31.8 Å². The standard InChI is InChI=1S/C9H17NO3/c11-8-4-6-10-5-3-7(8)1-2-9(12)13/h7-8,10-11H,1-6H2,(H,12,13)/t7-,8+/m0/s1. The minimum atomic E-state index is -0.774. The van der Waals surface area contributed by atoms with Gasteiger partial charge in [0.25, 0.3) is 0 Å². The van der Waals surface area contributed by atoms with Crippen LogP contribution < -0.4 is 5.32 Å². The maximum absolute atomic E-state index is 10.3. The topological polar surface area (TPSA) is 69.6 Å². The molecule has 1 fully saturated rings. The highest BCUT2D eigenvalue weighted by Crippen LogP contribution is 2.19. The molecule has 1 aliphatic rings. The van der Waals surface area contributed by atoms with Gasteiger partial charge in [-0.3, -0.25) is 4.79 Å². The fourth-order valence-electron chi connectivity index (χ4n) is 1.74. The predicted molar refractivity (Wildman–Crippen MR) is 48.5 cm³/mol. The number of aliphatic hydroxyl groups is 1. The normalized spacial score (nSPS) is 29.6. The quantitative estimate of drug-likeness (QED) is 0.591. The van der Waals surface area contributed by atoms with Crippen LogP contribution in [0.1, 0.15) is 25.7 Å². The number of hydrogen-bond donors (Lipinski definition) is 3. The second kappa shape index (κ2) is 5.19. The molecule has 76 valence electrons. The van der Waals surface area contributed by atoms with E-state index in [1.807, 2.05) is 0 Å². The first-order valence-electron chi connectivity index (χ1n) is 4.80. The van der Waals surface area contributed by atoms with Crippen LogP contribution in [0.3, 0.4) is 0 Å². The molecule has 1 saturated heterocycles. The molecule has 0 radical (unpaired) electrons. The average molecular weight is 187 g/mol. The second-order valence-corrected chi connectivity index (χ2v) is 3.59. The maximum Gasteiger partial charge on any atom is 0.303 e. The van der Waals surface area contributed by atoms with Crippen molar-refractivity contribution in [1.82, 2.24) is 5.32 Å². The number of aliphatic hydroxyl groups excluding tert-OH is 1. The zero-order chi connectivity index (χ0) is 9.68. The minimum Gasteiger partial charge on any atom is -0.481 e. The van der Waals surface area contributed by atoms with Crippen LogP contribution in [-0.4, -0.2) is 35.4 Å². The SMILES string of the molecule is O=C(O)CC[C@H]1CCNCC[C@H]1O. The molecule has 0 saturated carbocycles. The second-order valence-electron chi connectivity index (χ2n) is 3.59. The van der Waals surface area contributed by atoms with E-state index in [1.54, 1.807) is 0 Å². The van der Waals surface area contributed by atoms with E-state index in [0.29, 0.717) is 6.42 Å². The molecule has 0 spiro atoms. The highest BCUT2D eigenvalue weighted by Gasteiger charge is 2.21. The van der Waals surface area contributed by atoms with Gasteiger partial charge in [-0.1, -0.05) is 0 Å². The van der Waals surface area contributed by atoms with Crippen molar-refractivity contribution in [3.8, 4) is 0 Å². The van der Waals surface area contributed by atoms with Gasteiger partial charge in [-0.25, -0.2) is 0 Å². The van der Waals surface area contributed by atoms with Crippen molar-refractivity contribution in [1.29, 1.82) is 0 Å². The van der Waals surface area contributed by atoms with Gasteiger partial charge in [0.1, 0.15) is 0 Å². The Morgan fingerprint density at radius 1 is 1.38 bits per heavy atom. The Morgan fingerprint density at radius 3 is 2.77 bits per heavy atom. The highest BCUT2D eigenvalue weighted by molar-refractivity contribution is 5.66. The number of rotatable bonds is 3. The van der Waals surface area contributed by atoms with E-state index in [1.165, 1.54) is 0 Å². The van der Waals surface area contributed by atoms with Gasteiger partial charge < -0.3 is 15.5 Å². The smallest absolute Gasteiger partial charge is 0.303 e. The van der Waals surface area contributed by atoms with E-state index >= 15 is 0 Å². The molecule has 0 amide bonds. The molecular formula is C9H17NO3. The van der Waals surface area contributed by atoms with Gasteiger partial charge in [0.15, 0.2) is 0 Å². The fraction of sp³-hybridized carbons (Fsp3) is 0.889. The molecule has 13 heavy (non-hydrogen) atoms. The van der Waals surface area contributed by atoms with E-state index in [2.05, 4.69) is 5.32 Å². The predicted octanol–water partition coefficient (Wildman–Crippen LogP) is 0.212. The molecule has 3 N–H and O–H groups in total. The third-order valence-electron chi connectivity index (χ3n) is 2.58. The number of nitrogens with one attached hydrogen (secondary N) is 1. The molecule has 0 aliphatic carbocycles. The molecule has 0 aromatic heterocycles. The van der Waals surface area contributed by atoms with Gasteiger partial charge in [0.2, 0.25) is 0 Å². The van der Waals surface area contributed by atoms with Gasteiger partial charge in [-0.05, 0) is 38.3 Å². The monoisotopic (exact) mass is 187 g/mol. The van der Waals surface area contributed by atoms with E-state index < -0.39 is 5.97 Å². The van der Waals surface area contributed by atoms with Gasteiger partial charge in [0, 0.05) is 6.42 Å². The lowest BCUT2D eigenvalue weighted by Gasteiger charge is -2.18. The first kappa shape index (κ1) is 10.5. The van der Waals surface area contributed by atoms with E-state index in [4.69, 9.17) is 5.11 Å². The van der Waals surface area contributed by atoms with Crippen LogP contribution in [0.25, 0.3) is 0 Å². The summed E-state index contributed by atoms with van der Waals surface area (Å²) < 4.78 is 0. The molecule has 2 atom stereocenters. The van der Waals surface area contributed by atoms with Crippen LogP contribution >= 0.6 is 0 Å². The highest BCUT2D eigenvalue weighted by atomic mass is 16.4. The van der Waals surface area contributed by atoms with Gasteiger partial charge in [-0.15, -0.1) is 0 Å². The first-order valence-corrected chi connectivity index (χ1v) is 4.80. The summed E-state index contributed by atoms with van der Waals surface area (Å²) >= 11 is 0. The minimum absolute atomic E-state index is 0.158. The molecule has 0 aromatic carbocycles. The first-order chi connectivity index (χ1) is 6.20. The lowest BCUT2D eigenvalue weighted by atomic mass is 9.92. The Kier molecular flexibility index (Phi) is 4.18. The van der Waals surface area contributed by atoms with E-state index in [-0.39, 0.29) is 18.4 Å². The van der Waals surface area contributed by atoms with Crippen LogP contribution in [0.4, 0.5) is 0 Å². The molecule has 1 heterocycles. The Labute approximate surface area is 78.0 Å². The van der Waals surface area contributed by atoms with Gasteiger partial charge in [-0.2, -0.15) is 0 Å². The van der Waals surface area contributed by atoms with Crippen molar-refractivity contribution in [3.63, 3.8) is 0 Å². The lowest BCUT2D eigenvalue weighted by molar-refractivity contribution is -0.137. The molecule has 0 aromatic rings. The Morgan fingerprint density at radius 2 is 2.08 bits per heavy atom. The van der Waals surface area contributed by atoms with Crippen molar-refractivity contribution < 1.29 is 15.0 Å². The van der Waals surface area contributed by atoms with Crippen molar-refractivity contribution >= 4 is 5.97 Å². The molecule has 4 nitrogen and oxygen atoms in total. The van der Waals surface area contributed by atoms with E-state index in [9.17, 15) is 9.90 Å². The number of carboxylic acid groups (broad SMARTS) is 1. The summed E-state index contributed by atoms with van der Waals surface area (Å²) in [6.45, 7) is 1.73. The van der Waals surface area contributed by atoms with Gasteiger partial charge in [0.05, 0.1) is 6.10 Å². The summed E-state index contributed by atoms with van der Waals surface area (Å²) in [4.78, 5) is 10.3. The van der Waals surface area contributed by atoms with Crippen LogP contribution in [-0.2, 0) is 4.79 Å². The Bertz CT molecular complexity index is 172. The summed E-state index contributed by atoms with van der Waals surface area (Å²) in [5, 5.41) is 21.3. The molecule has 0 unspecified atom stereocenters.